The average molecular weight is 328 g/mol. The maximum absolute atomic E-state index is 5.31. The van der Waals surface area contributed by atoms with Gasteiger partial charge in [-0.15, -0.1) is 0 Å². The van der Waals surface area contributed by atoms with Crippen molar-refractivity contribution in [2.45, 2.75) is 12.6 Å². The van der Waals surface area contributed by atoms with Gasteiger partial charge >= 0.3 is 0 Å². The molecule has 25 heavy (non-hydrogen) atoms. The first kappa shape index (κ1) is 15.5. The number of methoxy groups -OCH3 is 1. The number of ether oxygens (including phenoxy) is 1. The summed E-state index contributed by atoms with van der Waals surface area (Å²) in [5, 5.41) is 6.90. The van der Waals surface area contributed by atoms with Gasteiger partial charge in [-0.25, -0.2) is 0 Å². The minimum atomic E-state index is 0.0901. The first-order valence-electron chi connectivity index (χ1n) is 8.42. The first-order chi connectivity index (χ1) is 12.3. The van der Waals surface area contributed by atoms with Crippen molar-refractivity contribution in [3.8, 4) is 5.75 Å². The van der Waals surface area contributed by atoms with Crippen molar-refractivity contribution in [1.29, 1.82) is 0 Å². The highest BCUT2D eigenvalue weighted by Gasteiger charge is 2.26. The van der Waals surface area contributed by atoms with Gasteiger partial charge in [0.1, 0.15) is 5.75 Å². The van der Waals surface area contributed by atoms with Gasteiger partial charge in [0.05, 0.1) is 25.9 Å². The second-order valence-electron chi connectivity index (χ2n) is 6.13. The molecule has 0 aromatic heterocycles. The van der Waals surface area contributed by atoms with Crippen LogP contribution in [0.15, 0.2) is 84.0 Å². The smallest absolute Gasteiger partial charge is 0.118 e. The quantitative estimate of drug-likeness (QED) is 0.697. The Labute approximate surface area is 148 Å². The van der Waals surface area contributed by atoms with Crippen LogP contribution in [0.3, 0.4) is 0 Å². The predicted molar refractivity (Wildman–Crippen MR) is 101 cm³/mol. The summed E-state index contributed by atoms with van der Waals surface area (Å²) in [6.45, 7) is 0.766. The van der Waals surface area contributed by atoms with E-state index in [2.05, 4.69) is 65.7 Å². The Bertz CT molecular complexity index is 872. The van der Waals surface area contributed by atoms with Crippen molar-refractivity contribution in [3.05, 3.63) is 101 Å². The van der Waals surface area contributed by atoms with Crippen LogP contribution in [0.25, 0.3) is 0 Å². The Balaban J connectivity index is 1.74. The van der Waals surface area contributed by atoms with E-state index in [9.17, 15) is 0 Å². The third-order valence-electron chi connectivity index (χ3n) is 4.55. The zero-order valence-corrected chi connectivity index (χ0v) is 14.2. The predicted octanol–water partition coefficient (Wildman–Crippen LogP) is 4.63. The van der Waals surface area contributed by atoms with Crippen LogP contribution >= 0.6 is 0 Å². The van der Waals surface area contributed by atoms with Gasteiger partial charge in [0.2, 0.25) is 0 Å². The summed E-state index contributed by atoms with van der Waals surface area (Å²) in [5.74, 6) is 0.867. The maximum Gasteiger partial charge on any atom is 0.118 e. The molecule has 1 heterocycles. The lowest BCUT2D eigenvalue weighted by atomic mass is 9.93. The Morgan fingerprint density at radius 2 is 1.60 bits per heavy atom. The van der Waals surface area contributed by atoms with E-state index in [0.717, 1.165) is 12.3 Å². The van der Waals surface area contributed by atoms with Crippen LogP contribution in [0.2, 0.25) is 0 Å². The lowest BCUT2D eigenvalue weighted by molar-refractivity contribution is 0.224. The Morgan fingerprint density at radius 3 is 2.36 bits per heavy atom. The summed E-state index contributed by atoms with van der Waals surface area (Å²) in [4.78, 5) is 0. The van der Waals surface area contributed by atoms with E-state index in [1.54, 1.807) is 7.11 Å². The highest BCUT2D eigenvalue weighted by Crippen LogP contribution is 2.35. The Kier molecular flexibility index (Phi) is 4.21. The summed E-state index contributed by atoms with van der Waals surface area (Å²) in [6.07, 6.45) is 1.96. The molecule has 0 amide bonds. The normalized spacial score (nSPS) is 15.7. The average Bonchev–Trinajstić information content (AvgIpc) is 2.69. The van der Waals surface area contributed by atoms with Crippen LogP contribution in [0.4, 0.5) is 0 Å². The molecule has 0 bridgehead atoms. The molecule has 3 aromatic rings. The summed E-state index contributed by atoms with van der Waals surface area (Å²) < 4.78 is 5.31. The molecule has 0 unspecified atom stereocenters. The number of hydrogen-bond donors (Lipinski definition) is 0. The SMILES string of the molecule is COc1ccc([C@H]2c3ccccc3C=NN2Cc2ccccc2)cc1. The van der Waals surface area contributed by atoms with Crippen LogP contribution < -0.4 is 4.74 Å². The van der Waals surface area contributed by atoms with Gasteiger partial charge in [-0.1, -0.05) is 66.7 Å². The lowest BCUT2D eigenvalue weighted by Crippen LogP contribution is -2.28. The summed E-state index contributed by atoms with van der Waals surface area (Å²) in [7, 11) is 1.69. The van der Waals surface area contributed by atoms with Gasteiger partial charge < -0.3 is 4.74 Å². The molecule has 1 aliphatic heterocycles. The fourth-order valence-electron chi connectivity index (χ4n) is 3.28. The number of benzene rings is 3. The molecular formula is C22H20N2O. The van der Waals surface area contributed by atoms with Crippen molar-refractivity contribution in [1.82, 2.24) is 5.01 Å². The number of hydrogen-bond acceptors (Lipinski definition) is 3. The van der Waals surface area contributed by atoms with Crippen molar-refractivity contribution in [2.24, 2.45) is 5.10 Å². The van der Waals surface area contributed by atoms with Crippen LogP contribution in [0.1, 0.15) is 28.3 Å². The molecule has 0 spiro atoms. The van der Waals surface area contributed by atoms with Gasteiger partial charge in [0.25, 0.3) is 0 Å². The van der Waals surface area contributed by atoms with E-state index in [0.29, 0.717) is 0 Å². The Hall–Kier alpha value is -3.07. The number of hydrazone groups is 1. The highest BCUT2D eigenvalue weighted by atomic mass is 16.5. The molecule has 0 aliphatic carbocycles. The van der Waals surface area contributed by atoms with Gasteiger partial charge in [0, 0.05) is 5.56 Å². The maximum atomic E-state index is 5.31. The second kappa shape index (κ2) is 6.81. The molecular weight excluding hydrogens is 308 g/mol. The van der Waals surface area contributed by atoms with Gasteiger partial charge in [-0.05, 0) is 28.8 Å². The van der Waals surface area contributed by atoms with E-state index in [1.807, 2.05) is 24.4 Å². The van der Waals surface area contributed by atoms with Crippen molar-refractivity contribution in [3.63, 3.8) is 0 Å². The fourth-order valence-corrected chi connectivity index (χ4v) is 3.28. The molecule has 0 fully saturated rings. The first-order valence-corrected chi connectivity index (χ1v) is 8.42. The topological polar surface area (TPSA) is 24.8 Å². The summed E-state index contributed by atoms with van der Waals surface area (Å²) in [5.41, 5.74) is 4.91. The zero-order valence-electron chi connectivity index (χ0n) is 14.2. The van der Waals surface area contributed by atoms with E-state index in [-0.39, 0.29) is 6.04 Å². The third kappa shape index (κ3) is 3.13. The second-order valence-corrected chi connectivity index (χ2v) is 6.13. The van der Waals surface area contributed by atoms with Crippen LogP contribution in [0.5, 0.6) is 5.75 Å². The van der Waals surface area contributed by atoms with E-state index < -0.39 is 0 Å². The van der Waals surface area contributed by atoms with Crippen molar-refractivity contribution >= 4 is 6.21 Å². The standard InChI is InChI=1S/C22H20N2O/c1-25-20-13-11-18(12-14-20)22-21-10-6-5-9-19(21)15-23-24(22)16-17-7-3-2-4-8-17/h2-15,22H,16H2,1H3/t22-/m0/s1. The number of rotatable bonds is 4. The molecule has 3 aromatic carbocycles. The van der Waals surface area contributed by atoms with Crippen LogP contribution in [-0.4, -0.2) is 18.3 Å². The van der Waals surface area contributed by atoms with Gasteiger partial charge in [-0.3, -0.25) is 5.01 Å². The molecule has 0 N–H and O–H groups in total. The zero-order chi connectivity index (χ0) is 17.1. The monoisotopic (exact) mass is 328 g/mol. The molecule has 0 radical (unpaired) electrons. The number of fused-ring (bicyclic) bond motifs is 1. The molecule has 4 rings (SSSR count). The molecule has 3 nitrogen and oxygen atoms in total. The molecule has 0 saturated carbocycles. The Morgan fingerprint density at radius 1 is 0.880 bits per heavy atom. The van der Waals surface area contributed by atoms with Crippen LogP contribution in [-0.2, 0) is 6.54 Å². The van der Waals surface area contributed by atoms with Crippen LogP contribution in [0, 0.1) is 0 Å². The third-order valence-corrected chi connectivity index (χ3v) is 4.55. The van der Waals surface area contributed by atoms with E-state index >= 15 is 0 Å². The van der Waals surface area contributed by atoms with Gasteiger partial charge in [0.15, 0.2) is 0 Å². The van der Waals surface area contributed by atoms with E-state index in [4.69, 9.17) is 9.84 Å². The van der Waals surface area contributed by atoms with E-state index in [1.165, 1.54) is 22.3 Å². The highest BCUT2D eigenvalue weighted by molar-refractivity contribution is 5.83. The molecule has 0 saturated heterocycles. The fraction of sp³-hybridized carbons (Fsp3) is 0.136. The summed E-state index contributed by atoms with van der Waals surface area (Å²) >= 11 is 0. The minimum absolute atomic E-state index is 0.0901. The molecule has 1 aliphatic rings. The van der Waals surface area contributed by atoms with Gasteiger partial charge in [-0.2, -0.15) is 5.10 Å². The number of nitrogens with zero attached hydrogens (tertiary/aromatic N) is 2. The molecule has 1 atom stereocenters. The lowest BCUT2D eigenvalue weighted by Gasteiger charge is -2.34. The molecule has 3 heteroatoms. The minimum Gasteiger partial charge on any atom is -0.497 e. The molecule has 124 valence electrons. The van der Waals surface area contributed by atoms with Crippen molar-refractivity contribution in [2.75, 3.05) is 7.11 Å². The summed E-state index contributed by atoms with van der Waals surface area (Å²) in [6, 6.07) is 27.3. The largest absolute Gasteiger partial charge is 0.497 e. The van der Waals surface area contributed by atoms with Crippen molar-refractivity contribution < 1.29 is 4.74 Å².